The number of fused-ring (bicyclic) bond motifs is 2. The second kappa shape index (κ2) is 14.6. The number of hydrogen-bond acceptors (Lipinski definition) is 7. The number of methoxy groups -OCH3 is 1. The monoisotopic (exact) mass is 755 g/mol. The van der Waals surface area contributed by atoms with Crippen molar-refractivity contribution in [2.24, 2.45) is 7.05 Å². The van der Waals surface area contributed by atoms with E-state index in [-0.39, 0.29) is 67.7 Å². The zero-order valence-electron chi connectivity index (χ0n) is 26.8. The molecular formula is C34H27Cl2F2N6O6S-. The summed E-state index contributed by atoms with van der Waals surface area (Å²) in [6.07, 6.45) is -1.52. The fraction of sp³-hybridized carbons (Fsp3) is 0.176. The van der Waals surface area contributed by atoms with Crippen LogP contribution in [-0.4, -0.2) is 52.9 Å². The largest absolute Gasteiger partial charge is 0.755 e. The van der Waals surface area contributed by atoms with E-state index in [1.165, 1.54) is 43.1 Å². The number of aromatic nitrogens is 4. The Morgan fingerprint density at radius 1 is 1.04 bits per heavy atom. The summed E-state index contributed by atoms with van der Waals surface area (Å²) in [6.45, 7) is -0.0255. The Morgan fingerprint density at radius 3 is 2.37 bits per heavy atom. The molecule has 0 aliphatic rings. The van der Waals surface area contributed by atoms with Crippen molar-refractivity contribution in [3.05, 3.63) is 122 Å². The molecule has 1 unspecified atom stereocenters. The van der Waals surface area contributed by atoms with Gasteiger partial charge in [-0.1, -0.05) is 41.4 Å². The number of rotatable bonds is 11. The second-order valence-corrected chi connectivity index (χ2v) is 13.1. The molecule has 2 atom stereocenters. The normalized spacial score (nSPS) is 12.6. The molecule has 12 nitrogen and oxygen atoms in total. The van der Waals surface area contributed by atoms with E-state index in [9.17, 15) is 32.2 Å². The van der Waals surface area contributed by atoms with Crippen LogP contribution in [-0.2, 0) is 31.2 Å². The van der Waals surface area contributed by atoms with Crippen LogP contribution >= 0.6 is 23.2 Å². The number of anilines is 1. The number of benzene rings is 4. The highest BCUT2D eigenvalue weighted by atomic mass is 35.5. The standard InChI is InChI=1S/C34H28Cl2F2N6O6S/c1-42-30-27(11-10-24(36)29(30)32(41-42)43(51(48)49)13-12-18-6-8-22(50-2)9-7-18)44-31(39-25-5-3-4-23(35)28(25)33(44)45)26(40-34(46)47)16-19-14-20(37)17-21(38)15-19/h3-11,14-15,17,26,40H,12-13,16H2,1-2H3,(H,46,47)(H,48,49)/p-1/t26-/m0/s1. The Morgan fingerprint density at radius 2 is 1.73 bits per heavy atom. The van der Waals surface area contributed by atoms with Gasteiger partial charge in [0.05, 0.1) is 50.7 Å². The highest BCUT2D eigenvalue weighted by Crippen LogP contribution is 2.37. The van der Waals surface area contributed by atoms with Crippen LogP contribution < -0.4 is 19.9 Å². The van der Waals surface area contributed by atoms with Crippen LogP contribution in [0.4, 0.5) is 19.4 Å². The molecule has 0 saturated heterocycles. The van der Waals surface area contributed by atoms with Gasteiger partial charge in [-0.25, -0.2) is 18.6 Å². The van der Waals surface area contributed by atoms with Gasteiger partial charge in [0.2, 0.25) is 0 Å². The fourth-order valence-electron chi connectivity index (χ4n) is 5.96. The van der Waals surface area contributed by atoms with E-state index in [1.54, 1.807) is 30.3 Å². The quantitative estimate of drug-likeness (QED) is 0.147. The number of ether oxygens (including phenoxy) is 1. The van der Waals surface area contributed by atoms with Gasteiger partial charge in [0.15, 0.2) is 5.82 Å². The minimum atomic E-state index is -2.82. The molecule has 0 aliphatic heterocycles. The van der Waals surface area contributed by atoms with E-state index in [0.29, 0.717) is 18.2 Å². The summed E-state index contributed by atoms with van der Waals surface area (Å²) in [5, 5.41) is 17.0. The van der Waals surface area contributed by atoms with Crippen molar-refractivity contribution in [3.8, 4) is 11.4 Å². The lowest BCUT2D eigenvalue weighted by Crippen LogP contribution is -2.35. The Hall–Kier alpha value is -5.09. The van der Waals surface area contributed by atoms with Gasteiger partial charge in [0, 0.05) is 37.3 Å². The van der Waals surface area contributed by atoms with Crippen LogP contribution in [0.3, 0.4) is 0 Å². The summed E-state index contributed by atoms with van der Waals surface area (Å²) in [6, 6.07) is 16.0. The Bertz CT molecular complexity index is 2370. The average molecular weight is 757 g/mol. The van der Waals surface area contributed by atoms with Gasteiger partial charge < -0.3 is 19.7 Å². The average Bonchev–Trinajstić information content (AvgIpc) is 3.41. The lowest BCUT2D eigenvalue weighted by molar-refractivity contribution is 0.189. The number of hydrogen-bond donors (Lipinski definition) is 2. The smallest absolute Gasteiger partial charge is 0.405 e. The molecule has 2 heterocycles. The highest BCUT2D eigenvalue weighted by molar-refractivity contribution is 7.80. The van der Waals surface area contributed by atoms with E-state index in [4.69, 9.17) is 27.9 Å². The molecule has 1 amide bonds. The first-order valence-corrected chi connectivity index (χ1v) is 17.0. The van der Waals surface area contributed by atoms with E-state index < -0.39 is 40.6 Å². The molecule has 17 heteroatoms. The van der Waals surface area contributed by atoms with Crippen molar-refractivity contribution in [2.45, 2.75) is 18.9 Å². The van der Waals surface area contributed by atoms with Gasteiger partial charge in [0.25, 0.3) is 5.56 Å². The first kappa shape index (κ1) is 35.7. The molecular weight excluding hydrogens is 729 g/mol. The molecule has 6 aromatic rings. The number of carbonyl (C=O) groups is 1. The van der Waals surface area contributed by atoms with Gasteiger partial charge in [-0.05, 0) is 66.1 Å². The molecule has 4 aromatic carbocycles. The predicted molar refractivity (Wildman–Crippen MR) is 189 cm³/mol. The summed E-state index contributed by atoms with van der Waals surface area (Å²) in [4.78, 5) is 31.2. The zero-order chi connectivity index (χ0) is 36.6. The minimum absolute atomic E-state index is 0.000985. The first-order chi connectivity index (χ1) is 24.4. The van der Waals surface area contributed by atoms with E-state index >= 15 is 0 Å². The van der Waals surface area contributed by atoms with E-state index in [0.717, 1.165) is 26.6 Å². The summed E-state index contributed by atoms with van der Waals surface area (Å²) >= 11 is 10.4. The molecule has 2 N–H and O–H groups in total. The maximum atomic E-state index is 14.5. The van der Waals surface area contributed by atoms with E-state index in [1.807, 2.05) is 0 Å². The summed E-state index contributed by atoms with van der Waals surface area (Å²) in [5.41, 5.74) is 0.609. The first-order valence-electron chi connectivity index (χ1n) is 15.2. The van der Waals surface area contributed by atoms with E-state index in [2.05, 4.69) is 15.4 Å². The Labute approximate surface area is 301 Å². The molecule has 264 valence electrons. The molecule has 6 rings (SSSR count). The highest BCUT2D eigenvalue weighted by Gasteiger charge is 2.28. The van der Waals surface area contributed by atoms with Crippen molar-refractivity contribution in [2.75, 3.05) is 18.0 Å². The molecule has 2 aromatic heterocycles. The summed E-state index contributed by atoms with van der Waals surface area (Å²) < 4.78 is 62.5. The number of amides is 1. The molecule has 0 fully saturated rings. The van der Waals surface area contributed by atoms with Gasteiger partial charge in [-0.3, -0.25) is 22.6 Å². The fourth-order valence-corrected chi connectivity index (χ4v) is 6.96. The van der Waals surface area contributed by atoms with Crippen LogP contribution in [0.25, 0.3) is 27.5 Å². The third kappa shape index (κ3) is 7.23. The van der Waals surface area contributed by atoms with Gasteiger partial charge in [0.1, 0.15) is 23.2 Å². The Balaban J connectivity index is 1.57. The maximum absolute atomic E-state index is 14.5. The van der Waals surface area contributed by atoms with Crippen LogP contribution in [0.1, 0.15) is 23.0 Å². The third-order valence-corrected chi connectivity index (χ3v) is 9.51. The topological polar surface area (TPSA) is 155 Å². The summed E-state index contributed by atoms with van der Waals surface area (Å²) in [5.74, 6) is -1.32. The van der Waals surface area contributed by atoms with Crippen molar-refractivity contribution in [1.82, 2.24) is 24.6 Å². The minimum Gasteiger partial charge on any atom is -0.755 e. The zero-order valence-corrected chi connectivity index (χ0v) is 29.1. The van der Waals surface area contributed by atoms with Crippen molar-refractivity contribution in [1.29, 1.82) is 0 Å². The lowest BCUT2D eigenvalue weighted by atomic mass is 10.0. The maximum Gasteiger partial charge on any atom is 0.405 e. The van der Waals surface area contributed by atoms with Crippen molar-refractivity contribution < 1.29 is 32.2 Å². The lowest BCUT2D eigenvalue weighted by Gasteiger charge is -2.25. The second-order valence-electron chi connectivity index (χ2n) is 11.4. The Kier molecular flexibility index (Phi) is 10.3. The van der Waals surface area contributed by atoms with Crippen molar-refractivity contribution >= 4 is 68.2 Å². The predicted octanol–water partition coefficient (Wildman–Crippen LogP) is 6.26. The van der Waals surface area contributed by atoms with Gasteiger partial charge in [-0.2, -0.15) is 5.10 Å². The molecule has 0 saturated carbocycles. The molecule has 0 radical (unpaired) electrons. The van der Waals surface area contributed by atoms with Crippen LogP contribution in [0.2, 0.25) is 10.0 Å². The third-order valence-electron chi connectivity index (χ3n) is 8.16. The molecule has 51 heavy (non-hydrogen) atoms. The molecule has 0 aliphatic carbocycles. The van der Waals surface area contributed by atoms with Crippen LogP contribution in [0, 0.1) is 11.6 Å². The van der Waals surface area contributed by atoms with Crippen LogP contribution in [0.5, 0.6) is 5.75 Å². The molecule has 0 bridgehead atoms. The number of carboxylic acid groups (broad SMARTS) is 1. The number of aryl methyl sites for hydroxylation is 1. The van der Waals surface area contributed by atoms with Crippen LogP contribution in [0.15, 0.2) is 77.6 Å². The van der Waals surface area contributed by atoms with Gasteiger partial charge in [-0.15, -0.1) is 0 Å². The van der Waals surface area contributed by atoms with Gasteiger partial charge >= 0.3 is 6.09 Å². The summed E-state index contributed by atoms with van der Waals surface area (Å²) in [7, 11) is 3.06. The number of nitrogens with zero attached hydrogens (tertiary/aromatic N) is 5. The molecule has 0 spiro atoms. The number of nitrogens with one attached hydrogen (secondary N) is 1. The van der Waals surface area contributed by atoms with Crippen molar-refractivity contribution in [3.63, 3.8) is 0 Å². The number of halogens is 4. The SMILES string of the molecule is COc1ccc(CCN(c2nn(C)c3c(-n4c([C@H](Cc5cc(F)cc(F)c5)NC(=O)O)nc5cccc(Cl)c5c4=O)ccc(Cl)c23)S(=O)[O-])cc1.